The van der Waals surface area contributed by atoms with E-state index in [4.69, 9.17) is 4.74 Å². The molecule has 0 spiro atoms. The van der Waals surface area contributed by atoms with Crippen LogP contribution in [-0.4, -0.2) is 33.0 Å². The summed E-state index contributed by atoms with van der Waals surface area (Å²) < 4.78 is 7.48. The number of carbonyl (C=O) groups is 1. The van der Waals surface area contributed by atoms with Crippen LogP contribution in [0, 0.1) is 6.92 Å². The molecule has 1 fully saturated rings. The third-order valence-corrected chi connectivity index (χ3v) is 4.57. The Morgan fingerprint density at radius 2 is 2.08 bits per heavy atom. The summed E-state index contributed by atoms with van der Waals surface area (Å²) in [5, 5.41) is 11.1. The largest absolute Gasteiger partial charge is 0.377 e. The van der Waals surface area contributed by atoms with Gasteiger partial charge in [-0.3, -0.25) is 4.79 Å². The van der Waals surface area contributed by atoms with Crippen LogP contribution in [0.2, 0.25) is 0 Å². The Morgan fingerprint density at radius 3 is 2.71 bits per heavy atom. The normalized spacial score (nSPS) is 15.2. The molecule has 1 aliphatic rings. The molecule has 1 heterocycles. The quantitative estimate of drug-likeness (QED) is 0.756. The molecule has 1 aromatic heterocycles. The van der Waals surface area contributed by atoms with Gasteiger partial charge in [-0.05, 0) is 38.7 Å². The van der Waals surface area contributed by atoms with Gasteiger partial charge in [-0.1, -0.05) is 35.5 Å². The molecule has 0 atom stereocenters. The molecule has 128 valence electrons. The van der Waals surface area contributed by atoms with E-state index in [0.717, 1.165) is 30.5 Å². The fraction of sp³-hybridized carbons (Fsp3) is 0.500. The Labute approximate surface area is 142 Å². The van der Waals surface area contributed by atoms with E-state index < -0.39 is 0 Å². The Kier molecular flexibility index (Phi) is 4.94. The fourth-order valence-electron chi connectivity index (χ4n) is 2.79. The molecule has 1 aliphatic carbocycles. The van der Waals surface area contributed by atoms with Crippen molar-refractivity contribution in [3.63, 3.8) is 0 Å². The van der Waals surface area contributed by atoms with Crippen LogP contribution in [0.1, 0.15) is 47.9 Å². The summed E-state index contributed by atoms with van der Waals surface area (Å²) >= 11 is 0. The molecule has 0 bridgehead atoms. The van der Waals surface area contributed by atoms with Gasteiger partial charge < -0.3 is 10.1 Å². The summed E-state index contributed by atoms with van der Waals surface area (Å²) in [4.78, 5) is 12.4. The van der Waals surface area contributed by atoms with Gasteiger partial charge in [0.1, 0.15) is 0 Å². The van der Waals surface area contributed by atoms with Crippen molar-refractivity contribution in [2.45, 2.75) is 51.8 Å². The second-order valence-electron chi connectivity index (χ2n) is 6.36. The third kappa shape index (κ3) is 3.82. The van der Waals surface area contributed by atoms with Crippen molar-refractivity contribution < 1.29 is 9.53 Å². The Balaban J connectivity index is 1.47. The predicted octanol–water partition coefficient (Wildman–Crippen LogP) is 2.48. The summed E-state index contributed by atoms with van der Waals surface area (Å²) in [5.74, 6) is -0.132. The molecule has 0 aliphatic heterocycles. The number of aryl methyl sites for hydroxylation is 1. The SMILES string of the molecule is CCn1nnc(C(=O)NC2(CCOCc3ccccc3)CC2)c1C. The van der Waals surface area contributed by atoms with Gasteiger partial charge in [-0.25, -0.2) is 4.68 Å². The van der Waals surface area contributed by atoms with Gasteiger partial charge in [0.2, 0.25) is 0 Å². The Morgan fingerprint density at radius 1 is 1.33 bits per heavy atom. The van der Waals surface area contributed by atoms with Crippen LogP contribution in [0.15, 0.2) is 30.3 Å². The highest BCUT2D eigenvalue weighted by Gasteiger charge is 2.44. The van der Waals surface area contributed by atoms with Crippen LogP contribution < -0.4 is 5.32 Å². The van der Waals surface area contributed by atoms with E-state index in [1.165, 1.54) is 0 Å². The van der Waals surface area contributed by atoms with Gasteiger partial charge >= 0.3 is 0 Å². The average Bonchev–Trinajstić information content (AvgIpc) is 3.25. The van der Waals surface area contributed by atoms with Crippen molar-refractivity contribution in [1.29, 1.82) is 0 Å². The molecule has 1 saturated carbocycles. The number of carbonyl (C=O) groups excluding carboxylic acids is 1. The lowest BCUT2D eigenvalue weighted by molar-refractivity contribution is 0.0874. The number of amides is 1. The maximum atomic E-state index is 12.4. The lowest BCUT2D eigenvalue weighted by Crippen LogP contribution is -2.38. The molecular formula is C18H24N4O2. The number of benzene rings is 1. The smallest absolute Gasteiger partial charge is 0.274 e. The molecule has 0 radical (unpaired) electrons. The molecule has 3 rings (SSSR count). The zero-order chi connectivity index (χ0) is 17.0. The van der Waals surface area contributed by atoms with E-state index in [-0.39, 0.29) is 11.4 Å². The maximum Gasteiger partial charge on any atom is 0.274 e. The summed E-state index contributed by atoms with van der Waals surface area (Å²) in [5.41, 5.74) is 2.27. The second-order valence-corrected chi connectivity index (χ2v) is 6.36. The van der Waals surface area contributed by atoms with Crippen LogP contribution >= 0.6 is 0 Å². The molecule has 6 heteroatoms. The Bertz CT molecular complexity index is 692. The lowest BCUT2D eigenvalue weighted by atomic mass is 10.1. The molecule has 0 unspecified atom stereocenters. The minimum absolute atomic E-state index is 0.129. The number of hydrogen-bond donors (Lipinski definition) is 1. The highest BCUT2D eigenvalue weighted by atomic mass is 16.5. The van der Waals surface area contributed by atoms with Crippen LogP contribution in [-0.2, 0) is 17.9 Å². The van der Waals surface area contributed by atoms with Gasteiger partial charge in [0.15, 0.2) is 5.69 Å². The maximum absolute atomic E-state index is 12.4. The summed E-state index contributed by atoms with van der Waals surface area (Å²) in [7, 11) is 0. The fourth-order valence-corrected chi connectivity index (χ4v) is 2.79. The zero-order valence-corrected chi connectivity index (χ0v) is 14.3. The molecule has 6 nitrogen and oxygen atoms in total. The first-order chi connectivity index (χ1) is 11.6. The molecule has 0 saturated heterocycles. The zero-order valence-electron chi connectivity index (χ0n) is 14.3. The number of hydrogen-bond acceptors (Lipinski definition) is 4. The van der Waals surface area contributed by atoms with E-state index >= 15 is 0 Å². The number of ether oxygens (including phenoxy) is 1. The van der Waals surface area contributed by atoms with E-state index in [1.54, 1.807) is 4.68 Å². The van der Waals surface area contributed by atoms with Crippen LogP contribution in [0.5, 0.6) is 0 Å². The highest BCUT2D eigenvalue weighted by Crippen LogP contribution is 2.39. The Hall–Kier alpha value is -2.21. The predicted molar refractivity (Wildman–Crippen MR) is 90.6 cm³/mol. The second kappa shape index (κ2) is 7.13. The molecule has 1 amide bonds. The molecule has 1 N–H and O–H groups in total. The van der Waals surface area contributed by atoms with Crippen molar-refractivity contribution in [2.24, 2.45) is 0 Å². The number of aromatic nitrogens is 3. The van der Waals surface area contributed by atoms with Crippen molar-refractivity contribution in [3.05, 3.63) is 47.3 Å². The number of rotatable bonds is 8. The van der Waals surface area contributed by atoms with Gasteiger partial charge in [0.05, 0.1) is 12.3 Å². The monoisotopic (exact) mass is 328 g/mol. The van der Waals surface area contributed by atoms with Gasteiger partial charge in [0, 0.05) is 18.7 Å². The number of nitrogens with zero attached hydrogens (tertiary/aromatic N) is 3. The van der Waals surface area contributed by atoms with E-state index in [1.807, 2.05) is 32.0 Å². The van der Waals surface area contributed by atoms with Crippen molar-refractivity contribution in [1.82, 2.24) is 20.3 Å². The van der Waals surface area contributed by atoms with E-state index in [2.05, 4.69) is 27.8 Å². The first kappa shape index (κ1) is 16.6. The minimum atomic E-state index is -0.132. The van der Waals surface area contributed by atoms with Crippen LogP contribution in [0.3, 0.4) is 0 Å². The van der Waals surface area contributed by atoms with E-state index in [9.17, 15) is 4.79 Å². The lowest BCUT2D eigenvalue weighted by Gasteiger charge is -2.17. The topological polar surface area (TPSA) is 69.0 Å². The van der Waals surface area contributed by atoms with Crippen molar-refractivity contribution in [3.8, 4) is 0 Å². The number of nitrogens with one attached hydrogen (secondary N) is 1. The minimum Gasteiger partial charge on any atom is -0.377 e. The van der Waals surface area contributed by atoms with Crippen molar-refractivity contribution >= 4 is 5.91 Å². The summed E-state index contributed by atoms with van der Waals surface area (Å²) in [6, 6.07) is 10.1. The molecule has 24 heavy (non-hydrogen) atoms. The molecule has 2 aromatic rings. The van der Waals surface area contributed by atoms with Crippen molar-refractivity contribution in [2.75, 3.05) is 6.61 Å². The van der Waals surface area contributed by atoms with Crippen LogP contribution in [0.4, 0.5) is 0 Å². The first-order valence-corrected chi connectivity index (χ1v) is 8.48. The van der Waals surface area contributed by atoms with Gasteiger partial charge in [-0.15, -0.1) is 5.10 Å². The highest BCUT2D eigenvalue weighted by molar-refractivity contribution is 5.93. The van der Waals surface area contributed by atoms with Gasteiger partial charge in [-0.2, -0.15) is 0 Å². The first-order valence-electron chi connectivity index (χ1n) is 8.48. The summed E-state index contributed by atoms with van der Waals surface area (Å²) in [6.07, 6.45) is 2.81. The molecular weight excluding hydrogens is 304 g/mol. The van der Waals surface area contributed by atoms with Crippen LogP contribution in [0.25, 0.3) is 0 Å². The average molecular weight is 328 g/mol. The summed E-state index contributed by atoms with van der Waals surface area (Å²) in [6.45, 7) is 5.81. The van der Waals surface area contributed by atoms with Gasteiger partial charge in [0.25, 0.3) is 5.91 Å². The third-order valence-electron chi connectivity index (χ3n) is 4.57. The standard InChI is InChI=1S/C18H24N4O2/c1-3-22-14(2)16(20-21-22)17(23)19-18(9-10-18)11-12-24-13-15-7-5-4-6-8-15/h4-8H,3,9-13H2,1-2H3,(H,19,23). The molecule has 1 aromatic carbocycles. The van der Waals surface area contributed by atoms with E-state index in [0.29, 0.717) is 25.5 Å².